The van der Waals surface area contributed by atoms with Gasteiger partial charge in [0.2, 0.25) is 0 Å². The molecule has 0 aliphatic heterocycles. The fourth-order valence-corrected chi connectivity index (χ4v) is 5.64. The van der Waals surface area contributed by atoms with Crippen LogP contribution < -0.4 is 0 Å². The number of rotatable bonds is 3. The number of benzene rings is 6. The van der Waals surface area contributed by atoms with E-state index in [1.807, 2.05) is 12.1 Å². The van der Waals surface area contributed by atoms with Gasteiger partial charge in [0.15, 0.2) is 5.82 Å². The Morgan fingerprint density at radius 1 is 0.375 bits per heavy atom. The third-order valence-corrected chi connectivity index (χ3v) is 7.57. The Morgan fingerprint density at radius 2 is 0.875 bits per heavy atom. The van der Waals surface area contributed by atoms with Crippen LogP contribution in [0.1, 0.15) is 0 Å². The van der Waals surface area contributed by atoms with E-state index in [-0.39, 0.29) is 0 Å². The maximum Gasteiger partial charge on any atom is 0.181 e. The molecular weight excluding hydrogens is 488 g/mol. The Labute approximate surface area is 230 Å². The molecule has 0 bridgehead atoms. The molecule has 6 aromatic carbocycles. The molecule has 0 saturated carbocycles. The van der Waals surface area contributed by atoms with Gasteiger partial charge in [0.05, 0.1) is 11.4 Å². The van der Waals surface area contributed by atoms with E-state index in [9.17, 15) is 0 Å². The summed E-state index contributed by atoms with van der Waals surface area (Å²) in [7, 11) is 0. The number of nitrogens with zero attached hydrogens (tertiary/aromatic N) is 4. The fraction of sp³-hybridized carbons (Fsp3) is 0. The van der Waals surface area contributed by atoms with Crippen LogP contribution in [-0.4, -0.2) is 20.2 Å². The molecule has 0 atom stereocenters. The van der Waals surface area contributed by atoms with Gasteiger partial charge in [-0.15, -0.1) is 5.10 Å². The standard InChI is InChI=1S/C36H22N4/c1-3-10-25-20-31-27(18-23(25)8-1)12-5-14-29(31)34-22-35(39-36(38-34)33-16-7-17-37-40-33)30-15-6-13-28-19-24-9-2-4-11-26(24)21-32(28)30/h1-22H. The molecule has 0 N–H and O–H groups in total. The summed E-state index contributed by atoms with van der Waals surface area (Å²) in [5.74, 6) is 0.552. The highest BCUT2D eigenvalue weighted by Crippen LogP contribution is 2.36. The monoisotopic (exact) mass is 510 g/mol. The van der Waals surface area contributed by atoms with E-state index in [4.69, 9.17) is 9.97 Å². The summed E-state index contributed by atoms with van der Waals surface area (Å²) in [5, 5.41) is 18.0. The largest absolute Gasteiger partial charge is 0.226 e. The van der Waals surface area contributed by atoms with Crippen molar-refractivity contribution in [2.75, 3.05) is 0 Å². The van der Waals surface area contributed by atoms with Crippen LogP contribution in [-0.2, 0) is 0 Å². The molecule has 0 aliphatic carbocycles. The SMILES string of the molecule is c1cnnc(-c2nc(-c3cccc4cc5ccccc5cc34)cc(-c3cccc4cc5ccccc5cc34)n2)c1. The van der Waals surface area contributed by atoms with Crippen molar-refractivity contribution in [1.29, 1.82) is 0 Å². The molecule has 40 heavy (non-hydrogen) atoms. The molecule has 0 spiro atoms. The highest BCUT2D eigenvalue weighted by molar-refractivity contribution is 6.06. The first-order valence-corrected chi connectivity index (χ1v) is 13.3. The van der Waals surface area contributed by atoms with E-state index in [1.165, 1.54) is 32.3 Å². The molecule has 8 aromatic rings. The van der Waals surface area contributed by atoms with Crippen LogP contribution >= 0.6 is 0 Å². The minimum absolute atomic E-state index is 0.552. The van der Waals surface area contributed by atoms with Crippen LogP contribution in [0.2, 0.25) is 0 Å². The van der Waals surface area contributed by atoms with Gasteiger partial charge >= 0.3 is 0 Å². The molecule has 0 amide bonds. The lowest BCUT2D eigenvalue weighted by Gasteiger charge is -2.13. The third-order valence-electron chi connectivity index (χ3n) is 7.57. The lowest BCUT2D eigenvalue weighted by atomic mass is 9.95. The van der Waals surface area contributed by atoms with Crippen molar-refractivity contribution >= 4 is 43.1 Å². The molecule has 0 radical (unpaired) electrons. The molecule has 8 rings (SSSR count). The van der Waals surface area contributed by atoms with Crippen LogP contribution in [0.3, 0.4) is 0 Å². The van der Waals surface area contributed by atoms with Crippen molar-refractivity contribution in [2.45, 2.75) is 0 Å². The first kappa shape index (κ1) is 22.5. The smallest absolute Gasteiger partial charge is 0.181 e. The molecule has 4 heteroatoms. The number of fused-ring (bicyclic) bond motifs is 4. The molecule has 0 aliphatic rings. The summed E-state index contributed by atoms with van der Waals surface area (Å²) >= 11 is 0. The summed E-state index contributed by atoms with van der Waals surface area (Å²) in [6.07, 6.45) is 1.67. The van der Waals surface area contributed by atoms with Gasteiger partial charge in [-0.2, -0.15) is 5.10 Å². The molecule has 2 aromatic heterocycles. The summed E-state index contributed by atoms with van der Waals surface area (Å²) in [6.45, 7) is 0. The van der Waals surface area contributed by atoms with E-state index in [0.717, 1.165) is 33.3 Å². The summed E-state index contributed by atoms with van der Waals surface area (Å²) < 4.78 is 0. The van der Waals surface area contributed by atoms with Gasteiger partial charge in [-0.25, -0.2) is 9.97 Å². The Balaban J connectivity index is 1.41. The van der Waals surface area contributed by atoms with Gasteiger partial charge in [0.1, 0.15) is 5.69 Å². The van der Waals surface area contributed by atoms with Crippen LogP contribution in [0.5, 0.6) is 0 Å². The second-order valence-corrected chi connectivity index (χ2v) is 10.0. The van der Waals surface area contributed by atoms with Crippen molar-refractivity contribution in [3.63, 3.8) is 0 Å². The van der Waals surface area contributed by atoms with Gasteiger partial charge in [0.25, 0.3) is 0 Å². The zero-order valence-electron chi connectivity index (χ0n) is 21.5. The minimum atomic E-state index is 0.552. The second-order valence-electron chi connectivity index (χ2n) is 10.0. The summed E-state index contributed by atoms with van der Waals surface area (Å²) in [5.41, 5.74) is 4.46. The van der Waals surface area contributed by atoms with Crippen LogP contribution in [0.4, 0.5) is 0 Å². The van der Waals surface area contributed by atoms with E-state index in [0.29, 0.717) is 11.5 Å². The highest BCUT2D eigenvalue weighted by Gasteiger charge is 2.15. The van der Waals surface area contributed by atoms with Crippen molar-refractivity contribution in [3.8, 4) is 34.0 Å². The average molecular weight is 511 g/mol. The van der Waals surface area contributed by atoms with Crippen LogP contribution in [0.15, 0.2) is 134 Å². The van der Waals surface area contributed by atoms with Gasteiger partial charge in [-0.1, -0.05) is 84.9 Å². The molecule has 0 saturated heterocycles. The normalized spacial score (nSPS) is 11.5. The molecule has 0 fully saturated rings. The van der Waals surface area contributed by atoms with Crippen molar-refractivity contribution in [2.24, 2.45) is 0 Å². The molecule has 4 nitrogen and oxygen atoms in total. The predicted molar refractivity (Wildman–Crippen MR) is 164 cm³/mol. The fourth-order valence-electron chi connectivity index (χ4n) is 5.64. The summed E-state index contributed by atoms with van der Waals surface area (Å²) in [6, 6.07) is 44.6. The maximum absolute atomic E-state index is 5.05. The second kappa shape index (κ2) is 9.07. The molecular formula is C36H22N4. The Morgan fingerprint density at radius 3 is 1.38 bits per heavy atom. The maximum atomic E-state index is 5.05. The third kappa shape index (κ3) is 3.77. The van der Waals surface area contributed by atoms with Gasteiger partial charge in [-0.3, -0.25) is 0 Å². The minimum Gasteiger partial charge on any atom is -0.226 e. The van der Waals surface area contributed by atoms with Crippen LogP contribution in [0, 0.1) is 0 Å². The Kier molecular flexibility index (Phi) is 5.10. The number of hydrogen-bond donors (Lipinski definition) is 0. The molecule has 0 unspecified atom stereocenters. The van der Waals surface area contributed by atoms with Gasteiger partial charge in [-0.05, 0) is 85.6 Å². The lowest BCUT2D eigenvalue weighted by molar-refractivity contribution is 1.01. The van der Waals surface area contributed by atoms with Crippen LogP contribution in [0.25, 0.3) is 77.1 Å². The van der Waals surface area contributed by atoms with Crippen molar-refractivity contribution < 1.29 is 0 Å². The Hall–Kier alpha value is -5.48. The highest BCUT2D eigenvalue weighted by atomic mass is 15.1. The van der Waals surface area contributed by atoms with E-state index < -0.39 is 0 Å². The van der Waals surface area contributed by atoms with E-state index >= 15 is 0 Å². The molecule has 186 valence electrons. The number of hydrogen-bond acceptors (Lipinski definition) is 4. The average Bonchev–Trinajstić information content (AvgIpc) is 3.02. The lowest BCUT2D eigenvalue weighted by Crippen LogP contribution is -1.98. The first-order chi connectivity index (χ1) is 19.8. The summed E-state index contributed by atoms with van der Waals surface area (Å²) in [4.78, 5) is 10.1. The zero-order valence-corrected chi connectivity index (χ0v) is 21.5. The first-order valence-electron chi connectivity index (χ1n) is 13.3. The Bertz CT molecular complexity index is 2080. The van der Waals surface area contributed by atoms with Crippen molar-refractivity contribution in [3.05, 3.63) is 134 Å². The molecule has 2 heterocycles. The van der Waals surface area contributed by atoms with Gasteiger partial charge in [0, 0.05) is 17.3 Å². The predicted octanol–water partition coefficient (Wildman–Crippen LogP) is 8.88. The quantitative estimate of drug-likeness (QED) is 0.223. The van der Waals surface area contributed by atoms with Gasteiger partial charge < -0.3 is 0 Å². The van der Waals surface area contributed by atoms with E-state index in [2.05, 4.69) is 125 Å². The van der Waals surface area contributed by atoms with Crippen molar-refractivity contribution in [1.82, 2.24) is 20.2 Å². The van der Waals surface area contributed by atoms with E-state index in [1.54, 1.807) is 6.20 Å². The number of aromatic nitrogens is 4. The topological polar surface area (TPSA) is 51.6 Å². The zero-order chi connectivity index (χ0) is 26.5.